The highest BCUT2D eigenvalue weighted by molar-refractivity contribution is 5.92. The molecule has 0 unspecified atom stereocenters. The molecule has 2 aromatic heterocycles. The molecular weight excluding hydrogens is 340 g/mol. The van der Waals surface area contributed by atoms with Crippen molar-refractivity contribution in [2.24, 2.45) is 0 Å². The van der Waals surface area contributed by atoms with E-state index in [-0.39, 0.29) is 11.9 Å². The molecule has 0 atom stereocenters. The van der Waals surface area contributed by atoms with Gasteiger partial charge in [0.2, 0.25) is 0 Å². The molecule has 1 N–H and O–H groups in total. The summed E-state index contributed by atoms with van der Waals surface area (Å²) in [6.45, 7) is 1.55. The zero-order chi connectivity index (χ0) is 18.6. The number of fused-ring (bicyclic) bond motifs is 1. The summed E-state index contributed by atoms with van der Waals surface area (Å²) in [6.07, 6.45) is 8.95. The smallest absolute Gasteiger partial charge is 0.270 e. The second-order valence-corrected chi connectivity index (χ2v) is 7.11. The summed E-state index contributed by atoms with van der Waals surface area (Å²) in [4.78, 5) is 27.1. The lowest BCUT2D eigenvalue weighted by atomic mass is 9.94. The van der Waals surface area contributed by atoms with Crippen molar-refractivity contribution in [1.82, 2.24) is 20.3 Å². The lowest BCUT2D eigenvalue weighted by Gasteiger charge is -2.34. The topological polar surface area (TPSA) is 94.8 Å². The molecule has 1 aliphatic carbocycles. The van der Waals surface area contributed by atoms with Gasteiger partial charge in [0, 0.05) is 31.0 Å². The van der Waals surface area contributed by atoms with Crippen molar-refractivity contribution >= 4 is 11.7 Å². The highest BCUT2D eigenvalue weighted by atomic mass is 16.1. The average molecular weight is 362 g/mol. The molecule has 2 aromatic rings. The van der Waals surface area contributed by atoms with E-state index in [1.807, 2.05) is 6.07 Å². The predicted octanol–water partition coefficient (Wildman–Crippen LogP) is 2.02. The van der Waals surface area contributed by atoms with Crippen LogP contribution in [-0.2, 0) is 12.8 Å². The number of hydrogen-bond acceptors (Lipinski definition) is 6. The van der Waals surface area contributed by atoms with Crippen LogP contribution < -0.4 is 10.2 Å². The number of pyridine rings is 1. The summed E-state index contributed by atoms with van der Waals surface area (Å²) in [5, 5.41) is 12.6. The monoisotopic (exact) mass is 362 g/mol. The molecule has 1 saturated heterocycles. The molecule has 1 amide bonds. The van der Waals surface area contributed by atoms with Crippen LogP contribution in [0.4, 0.5) is 5.82 Å². The van der Waals surface area contributed by atoms with E-state index in [2.05, 4.69) is 26.3 Å². The van der Waals surface area contributed by atoms with Crippen molar-refractivity contribution in [2.75, 3.05) is 18.0 Å². The number of aromatic nitrogens is 3. The maximum absolute atomic E-state index is 12.3. The van der Waals surface area contributed by atoms with Gasteiger partial charge in [-0.15, -0.1) is 0 Å². The van der Waals surface area contributed by atoms with Crippen molar-refractivity contribution in [3.05, 3.63) is 47.2 Å². The van der Waals surface area contributed by atoms with Crippen LogP contribution in [0.1, 0.15) is 53.0 Å². The van der Waals surface area contributed by atoms with E-state index >= 15 is 0 Å². The number of amides is 1. The number of hydrogen-bond donors (Lipinski definition) is 1. The number of anilines is 1. The highest BCUT2D eigenvalue weighted by Gasteiger charge is 2.25. The van der Waals surface area contributed by atoms with Crippen LogP contribution in [0.15, 0.2) is 24.7 Å². The van der Waals surface area contributed by atoms with Gasteiger partial charge in [-0.2, -0.15) is 5.26 Å². The summed E-state index contributed by atoms with van der Waals surface area (Å²) in [5.74, 6) is 0.638. The maximum Gasteiger partial charge on any atom is 0.270 e. The van der Waals surface area contributed by atoms with E-state index in [0.717, 1.165) is 50.3 Å². The van der Waals surface area contributed by atoms with Gasteiger partial charge in [-0.3, -0.25) is 4.79 Å². The molecule has 0 radical (unpaired) electrons. The molecule has 0 bridgehead atoms. The SMILES string of the molecule is N#Cc1cc2c(nc1N1CCC(NC(=O)c3ccncn3)CC1)CCCC2. The van der Waals surface area contributed by atoms with Crippen molar-refractivity contribution in [1.29, 1.82) is 5.26 Å². The molecule has 1 fully saturated rings. The molecule has 7 nitrogen and oxygen atoms in total. The van der Waals surface area contributed by atoms with E-state index in [9.17, 15) is 10.1 Å². The third-order valence-electron chi connectivity index (χ3n) is 5.35. The van der Waals surface area contributed by atoms with E-state index in [0.29, 0.717) is 11.3 Å². The standard InChI is InChI=1S/C20H22N6O/c21-12-15-11-14-3-1-2-4-17(14)25-19(15)26-9-6-16(7-10-26)24-20(27)18-5-8-22-13-23-18/h5,8,11,13,16H,1-4,6-7,9-10H2,(H,24,27). The lowest BCUT2D eigenvalue weighted by molar-refractivity contribution is 0.0926. The maximum atomic E-state index is 12.3. The molecule has 27 heavy (non-hydrogen) atoms. The average Bonchev–Trinajstić information content (AvgIpc) is 2.74. The Kier molecular flexibility index (Phi) is 4.97. The Morgan fingerprint density at radius 1 is 1.26 bits per heavy atom. The molecule has 3 heterocycles. The first kappa shape index (κ1) is 17.4. The molecule has 138 valence electrons. The number of rotatable bonds is 3. The quantitative estimate of drug-likeness (QED) is 0.898. The summed E-state index contributed by atoms with van der Waals surface area (Å²) in [5.41, 5.74) is 3.43. The normalized spacial score (nSPS) is 17.1. The summed E-state index contributed by atoms with van der Waals surface area (Å²) in [6, 6.07) is 6.06. The number of aryl methyl sites for hydroxylation is 2. The van der Waals surface area contributed by atoms with E-state index in [1.165, 1.54) is 24.7 Å². The zero-order valence-corrected chi connectivity index (χ0v) is 15.2. The van der Waals surface area contributed by atoms with Gasteiger partial charge in [0.15, 0.2) is 0 Å². The highest BCUT2D eigenvalue weighted by Crippen LogP contribution is 2.28. The van der Waals surface area contributed by atoms with Crippen LogP contribution >= 0.6 is 0 Å². The van der Waals surface area contributed by atoms with Crippen molar-refractivity contribution < 1.29 is 4.79 Å². The summed E-state index contributed by atoms with van der Waals surface area (Å²) >= 11 is 0. The van der Waals surface area contributed by atoms with E-state index in [1.54, 1.807) is 12.3 Å². The molecular formula is C20H22N6O. The summed E-state index contributed by atoms with van der Waals surface area (Å²) < 4.78 is 0. The Labute approximate surface area is 158 Å². The van der Waals surface area contributed by atoms with Crippen molar-refractivity contribution in [3.8, 4) is 6.07 Å². The van der Waals surface area contributed by atoms with E-state index < -0.39 is 0 Å². The number of nitriles is 1. The largest absolute Gasteiger partial charge is 0.355 e. The van der Waals surface area contributed by atoms with Gasteiger partial charge >= 0.3 is 0 Å². The molecule has 2 aliphatic rings. The first-order valence-electron chi connectivity index (χ1n) is 9.49. The van der Waals surface area contributed by atoms with Crippen molar-refractivity contribution in [3.63, 3.8) is 0 Å². The van der Waals surface area contributed by atoms with Crippen LogP contribution in [0.25, 0.3) is 0 Å². The van der Waals surface area contributed by atoms with Gasteiger partial charge in [0.1, 0.15) is 23.9 Å². The molecule has 7 heteroatoms. The Morgan fingerprint density at radius 2 is 2.07 bits per heavy atom. The van der Waals surface area contributed by atoms with Crippen LogP contribution in [0, 0.1) is 11.3 Å². The van der Waals surface area contributed by atoms with Crippen molar-refractivity contribution in [2.45, 2.75) is 44.6 Å². The fourth-order valence-corrected chi connectivity index (χ4v) is 3.87. The lowest BCUT2D eigenvalue weighted by Crippen LogP contribution is -2.45. The van der Waals surface area contributed by atoms with Gasteiger partial charge < -0.3 is 10.2 Å². The Morgan fingerprint density at radius 3 is 2.81 bits per heavy atom. The first-order chi connectivity index (χ1) is 13.2. The first-order valence-corrected chi connectivity index (χ1v) is 9.49. The van der Waals surface area contributed by atoms with Gasteiger partial charge in [-0.25, -0.2) is 15.0 Å². The minimum Gasteiger partial charge on any atom is -0.355 e. The zero-order valence-electron chi connectivity index (χ0n) is 15.2. The molecule has 1 aliphatic heterocycles. The van der Waals surface area contributed by atoms with Crippen LogP contribution in [0.5, 0.6) is 0 Å². The van der Waals surface area contributed by atoms with Crippen LogP contribution in [-0.4, -0.2) is 40.0 Å². The van der Waals surface area contributed by atoms with Gasteiger partial charge in [-0.1, -0.05) is 0 Å². The minimum atomic E-state index is -0.166. The number of carbonyl (C=O) groups is 1. The van der Waals surface area contributed by atoms with Gasteiger partial charge in [-0.05, 0) is 56.2 Å². The summed E-state index contributed by atoms with van der Waals surface area (Å²) in [7, 11) is 0. The molecule has 4 rings (SSSR count). The fraction of sp³-hybridized carbons (Fsp3) is 0.450. The fourth-order valence-electron chi connectivity index (χ4n) is 3.87. The molecule has 0 spiro atoms. The minimum absolute atomic E-state index is 0.104. The number of nitrogens with one attached hydrogen (secondary N) is 1. The van der Waals surface area contributed by atoms with Crippen LogP contribution in [0.3, 0.4) is 0 Å². The van der Waals surface area contributed by atoms with Crippen LogP contribution in [0.2, 0.25) is 0 Å². The Bertz CT molecular complexity index is 868. The van der Waals surface area contributed by atoms with E-state index in [4.69, 9.17) is 4.98 Å². The number of nitrogens with zero attached hydrogens (tertiary/aromatic N) is 5. The third kappa shape index (κ3) is 3.75. The third-order valence-corrected chi connectivity index (χ3v) is 5.35. The van der Waals surface area contributed by atoms with Gasteiger partial charge in [0.05, 0.1) is 5.56 Å². The number of piperidine rings is 1. The second kappa shape index (κ2) is 7.70. The molecule has 0 saturated carbocycles. The predicted molar refractivity (Wildman–Crippen MR) is 100 cm³/mol. The number of carbonyl (C=O) groups excluding carboxylic acids is 1. The molecule has 0 aromatic carbocycles. The Hall–Kier alpha value is -3.01. The second-order valence-electron chi connectivity index (χ2n) is 7.11. The Balaban J connectivity index is 1.42. The van der Waals surface area contributed by atoms with Gasteiger partial charge in [0.25, 0.3) is 5.91 Å².